The quantitative estimate of drug-likeness (QED) is 0.763. The van der Waals surface area contributed by atoms with Crippen molar-refractivity contribution in [2.45, 2.75) is 51.6 Å². The third-order valence-corrected chi connectivity index (χ3v) is 4.83. The number of oxazole rings is 1. The fourth-order valence-corrected chi connectivity index (χ4v) is 3.35. The van der Waals surface area contributed by atoms with Gasteiger partial charge in [-0.3, -0.25) is 4.79 Å². The van der Waals surface area contributed by atoms with Gasteiger partial charge in [0.25, 0.3) is 5.91 Å². The molecule has 26 heavy (non-hydrogen) atoms. The van der Waals surface area contributed by atoms with Crippen LogP contribution in [0.5, 0.6) is 0 Å². The molecule has 0 bridgehead atoms. The summed E-state index contributed by atoms with van der Waals surface area (Å²) >= 11 is 0. The van der Waals surface area contributed by atoms with E-state index in [1.807, 2.05) is 36.1 Å². The summed E-state index contributed by atoms with van der Waals surface area (Å²) in [6, 6.07) is 7.73. The number of ether oxygens (including phenoxy) is 1. The van der Waals surface area contributed by atoms with Gasteiger partial charge in [0.05, 0.1) is 13.7 Å². The van der Waals surface area contributed by atoms with E-state index >= 15 is 0 Å². The van der Waals surface area contributed by atoms with Crippen molar-refractivity contribution in [1.29, 1.82) is 0 Å². The van der Waals surface area contributed by atoms with Crippen molar-refractivity contribution < 1.29 is 18.7 Å². The lowest BCUT2D eigenvalue weighted by Gasteiger charge is -2.33. The Balaban J connectivity index is 1.83. The second-order valence-corrected chi connectivity index (χ2v) is 6.71. The van der Waals surface area contributed by atoms with Crippen LogP contribution in [0.15, 0.2) is 34.9 Å². The summed E-state index contributed by atoms with van der Waals surface area (Å²) in [4.78, 5) is 30.7. The van der Waals surface area contributed by atoms with E-state index in [1.54, 1.807) is 0 Å². The summed E-state index contributed by atoms with van der Waals surface area (Å²) in [6.07, 6.45) is 6.65. The number of methoxy groups -OCH3 is 1. The number of esters is 1. The maximum Gasteiger partial charge on any atom is 0.360 e. The Kier molecular flexibility index (Phi) is 5.71. The first-order valence-corrected chi connectivity index (χ1v) is 8.99. The van der Waals surface area contributed by atoms with Crippen molar-refractivity contribution in [1.82, 2.24) is 9.88 Å². The van der Waals surface area contributed by atoms with Crippen molar-refractivity contribution >= 4 is 11.9 Å². The molecule has 0 N–H and O–H groups in total. The van der Waals surface area contributed by atoms with Gasteiger partial charge in [-0.05, 0) is 31.9 Å². The second-order valence-electron chi connectivity index (χ2n) is 6.71. The van der Waals surface area contributed by atoms with Crippen molar-refractivity contribution in [2.75, 3.05) is 7.11 Å². The van der Waals surface area contributed by atoms with Gasteiger partial charge in [0.1, 0.15) is 6.26 Å². The Hall–Kier alpha value is -2.63. The summed E-state index contributed by atoms with van der Waals surface area (Å²) in [6.45, 7) is 2.24. The maximum absolute atomic E-state index is 13.1. The minimum atomic E-state index is -0.547. The molecular weight excluding hydrogens is 332 g/mol. The molecule has 0 spiro atoms. The molecule has 3 rings (SSSR count). The van der Waals surface area contributed by atoms with Crippen LogP contribution in [-0.2, 0) is 11.3 Å². The Morgan fingerprint density at radius 3 is 2.54 bits per heavy atom. The molecule has 1 aromatic heterocycles. The number of hydrogen-bond donors (Lipinski definition) is 0. The summed E-state index contributed by atoms with van der Waals surface area (Å²) in [5.74, 6) is -0.236. The summed E-state index contributed by atoms with van der Waals surface area (Å²) in [5, 5.41) is 0. The normalized spacial score (nSPS) is 14.8. The molecule has 6 heteroatoms. The SMILES string of the molecule is COC(=O)c1coc(CN(C(=O)c2ccc(C)cc2)C2CCCCC2)n1. The van der Waals surface area contributed by atoms with Gasteiger partial charge in [0, 0.05) is 11.6 Å². The molecule has 0 radical (unpaired) electrons. The largest absolute Gasteiger partial charge is 0.464 e. The smallest absolute Gasteiger partial charge is 0.360 e. The average molecular weight is 356 g/mol. The number of carbonyl (C=O) groups excluding carboxylic acids is 2. The standard InChI is InChI=1S/C20H24N2O4/c1-14-8-10-15(11-9-14)19(23)22(16-6-4-3-5-7-16)12-18-21-17(13-26-18)20(24)25-2/h8-11,13,16H,3-7,12H2,1-2H3. The van der Waals surface area contributed by atoms with Crippen LogP contribution in [0.4, 0.5) is 0 Å². The van der Waals surface area contributed by atoms with Crippen LogP contribution in [0, 0.1) is 6.92 Å². The molecule has 1 aliphatic rings. The van der Waals surface area contributed by atoms with Crippen LogP contribution in [-0.4, -0.2) is 34.9 Å². The summed E-state index contributed by atoms with van der Waals surface area (Å²) < 4.78 is 10.1. The molecule has 1 saturated carbocycles. The van der Waals surface area contributed by atoms with E-state index in [0.717, 1.165) is 31.2 Å². The third kappa shape index (κ3) is 4.12. The van der Waals surface area contributed by atoms with Crippen LogP contribution in [0.2, 0.25) is 0 Å². The number of benzene rings is 1. The molecule has 1 aliphatic carbocycles. The van der Waals surface area contributed by atoms with Gasteiger partial charge in [-0.1, -0.05) is 37.0 Å². The monoisotopic (exact) mass is 356 g/mol. The zero-order chi connectivity index (χ0) is 18.5. The van der Waals surface area contributed by atoms with Gasteiger partial charge in [-0.15, -0.1) is 0 Å². The molecule has 2 aromatic rings. The first-order chi connectivity index (χ1) is 12.6. The molecule has 0 atom stereocenters. The zero-order valence-corrected chi connectivity index (χ0v) is 15.2. The molecule has 1 heterocycles. The maximum atomic E-state index is 13.1. The fourth-order valence-electron chi connectivity index (χ4n) is 3.35. The number of amides is 1. The molecule has 1 fully saturated rings. The lowest BCUT2D eigenvalue weighted by atomic mass is 9.93. The van der Waals surface area contributed by atoms with Crippen molar-refractivity contribution in [2.24, 2.45) is 0 Å². The minimum Gasteiger partial charge on any atom is -0.464 e. The van der Waals surface area contributed by atoms with Crippen molar-refractivity contribution in [3.8, 4) is 0 Å². The van der Waals surface area contributed by atoms with Crippen LogP contribution in [0.1, 0.15) is 64.4 Å². The predicted molar refractivity (Wildman–Crippen MR) is 95.8 cm³/mol. The lowest BCUT2D eigenvalue weighted by molar-refractivity contribution is 0.0590. The molecule has 6 nitrogen and oxygen atoms in total. The third-order valence-electron chi connectivity index (χ3n) is 4.83. The van der Waals surface area contributed by atoms with Crippen LogP contribution < -0.4 is 0 Å². The van der Waals surface area contributed by atoms with Crippen LogP contribution in [0.3, 0.4) is 0 Å². The lowest BCUT2D eigenvalue weighted by Crippen LogP contribution is -2.41. The highest BCUT2D eigenvalue weighted by molar-refractivity contribution is 5.94. The van der Waals surface area contributed by atoms with E-state index in [4.69, 9.17) is 4.42 Å². The predicted octanol–water partition coefficient (Wildman–Crippen LogP) is 3.74. The van der Waals surface area contributed by atoms with Gasteiger partial charge in [0.2, 0.25) is 5.89 Å². The molecule has 0 saturated heterocycles. The Morgan fingerprint density at radius 2 is 1.88 bits per heavy atom. The molecule has 0 aliphatic heterocycles. The Bertz CT molecular complexity index is 760. The van der Waals surface area contributed by atoms with Gasteiger partial charge in [0.15, 0.2) is 5.69 Å². The summed E-state index contributed by atoms with van der Waals surface area (Å²) in [7, 11) is 1.30. The highest BCUT2D eigenvalue weighted by Gasteiger charge is 2.28. The Morgan fingerprint density at radius 1 is 1.19 bits per heavy atom. The number of aromatic nitrogens is 1. The topological polar surface area (TPSA) is 72.6 Å². The molecule has 0 unspecified atom stereocenters. The fraction of sp³-hybridized carbons (Fsp3) is 0.450. The molecular formula is C20H24N2O4. The highest BCUT2D eigenvalue weighted by Crippen LogP contribution is 2.26. The first-order valence-electron chi connectivity index (χ1n) is 8.99. The van der Waals surface area contributed by atoms with Crippen LogP contribution in [0.25, 0.3) is 0 Å². The van der Waals surface area contributed by atoms with Crippen molar-refractivity contribution in [3.05, 3.63) is 53.2 Å². The van der Waals surface area contributed by atoms with E-state index in [1.165, 1.54) is 19.8 Å². The minimum absolute atomic E-state index is 0.0327. The number of aryl methyl sites for hydroxylation is 1. The van der Waals surface area contributed by atoms with E-state index in [0.29, 0.717) is 11.5 Å². The summed E-state index contributed by atoms with van der Waals surface area (Å²) in [5.41, 5.74) is 1.89. The van der Waals surface area contributed by atoms with E-state index < -0.39 is 5.97 Å². The van der Waals surface area contributed by atoms with Crippen LogP contribution >= 0.6 is 0 Å². The number of hydrogen-bond acceptors (Lipinski definition) is 5. The van der Waals surface area contributed by atoms with Crippen molar-refractivity contribution in [3.63, 3.8) is 0 Å². The molecule has 1 amide bonds. The highest BCUT2D eigenvalue weighted by atomic mass is 16.5. The first kappa shape index (κ1) is 18.2. The molecule has 1 aromatic carbocycles. The van der Waals surface area contributed by atoms with Gasteiger partial charge < -0.3 is 14.1 Å². The zero-order valence-electron chi connectivity index (χ0n) is 15.2. The van der Waals surface area contributed by atoms with E-state index in [-0.39, 0.29) is 24.2 Å². The van der Waals surface area contributed by atoms with Gasteiger partial charge in [-0.25, -0.2) is 9.78 Å². The number of nitrogens with zero attached hydrogens (tertiary/aromatic N) is 2. The average Bonchev–Trinajstić information content (AvgIpc) is 3.15. The van der Waals surface area contributed by atoms with E-state index in [9.17, 15) is 9.59 Å². The van der Waals surface area contributed by atoms with E-state index in [2.05, 4.69) is 9.72 Å². The Labute approximate surface area is 153 Å². The molecule has 138 valence electrons. The number of rotatable bonds is 5. The van der Waals surface area contributed by atoms with Gasteiger partial charge in [-0.2, -0.15) is 0 Å². The number of carbonyl (C=O) groups is 2. The second kappa shape index (κ2) is 8.17. The van der Waals surface area contributed by atoms with Gasteiger partial charge >= 0.3 is 5.97 Å².